The number of non-ortho nitro benzene ring substituents is 1. The van der Waals surface area contributed by atoms with Crippen molar-refractivity contribution in [1.29, 1.82) is 5.41 Å². The van der Waals surface area contributed by atoms with E-state index in [1.165, 1.54) is 24.3 Å². The molecule has 1 aromatic heterocycles. The molecule has 3 rings (SSSR count). The number of carbonyl (C=O) groups excluding carboxylic acids is 1. The number of nitrogens with one attached hydrogen (secondary N) is 1. The Labute approximate surface area is 164 Å². The van der Waals surface area contributed by atoms with Gasteiger partial charge in [-0.3, -0.25) is 14.9 Å². The summed E-state index contributed by atoms with van der Waals surface area (Å²) in [5, 5.41) is 27.6. The summed E-state index contributed by atoms with van der Waals surface area (Å²) in [7, 11) is 0. The Balaban J connectivity index is 1.82. The molecule has 0 aliphatic carbocycles. The van der Waals surface area contributed by atoms with Gasteiger partial charge in [-0.15, -0.1) is 10.2 Å². The molecule has 0 amide bonds. The maximum Gasteiger partial charge on any atom is 0.269 e. The van der Waals surface area contributed by atoms with Gasteiger partial charge in [0, 0.05) is 28.3 Å². The largest absolute Gasteiger partial charge is 0.420 e. The van der Waals surface area contributed by atoms with Gasteiger partial charge in [0.25, 0.3) is 5.69 Å². The molecule has 2 aromatic carbocycles. The van der Waals surface area contributed by atoms with Crippen LogP contribution in [0.1, 0.15) is 35.5 Å². The van der Waals surface area contributed by atoms with E-state index in [2.05, 4.69) is 10.2 Å². The first-order valence-corrected chi connectivity index (χ1v) is 8.75. The van der Waals surface area contributed by atoms with Gasteiger partial charge in [-0.2, -0.15) is 0 Å². The van der Waals surface area contributed by atoms with Crippen LogP contribution in [-0.2, 0) is 0 Å². The van der Waals surface area contributed by atoms with E-state index in [4.69, 9.17) is 21.4 Å². The first-order valence-electron chi connectivity index (χ1n) is 8.37. The van der Waals surface area contributed by atoms with E-state index in [0.717, 1.165) is 0 Å². The minimum atomic E-state index is -0.684. The number of Topliss-reactive ketones (excluding diaryl/α,β-unsaturated/α-hetero) is 1. The van der Waals surface area contributed by atoms with Gasteiger partial charge in [-0.1, -0.05) is 18.5 Å². The second kappa shape index (κ2) is 8.10. The molecular formula is C19H15ClN4O4. The fourth-order valence-electron chi connectivity index (χ4n) is 2.64. The number of benzene rings is 2. The van der Waals surface area contributed by atoms with E-state index in [9.17, 15) is 14.9 Å². The SMILES string of the molecule is CCC(C(=N)C(=O)c1ccc([N+](=O)[O-])cc1)c1nnc(-c2ccc(Cl)cc2)o1. The molecule has 8 nitrogen and oxygen atoms in total. The highest BCUT2D eigenvalue weighted by molar-refractivity contribution is 6.46. The minimum Gasteiger partial charge on any atom is -0.420 e. The summed E-state index contributed by atoms with van der Waals surface area (Å²) >= 11 is 5.87. The third kappa shape index (κ3) is 3.96. The molecule has 1 atom stereocenters. The number of nitrogens with zero attached hydrogens (tertiary/aromatic N) is 3. The van der Waals surface area contributed by atoms with Crippen molar-refractivity contribution in [2.24, 2.45) is 0 Å². The lowest BCUT2D eigenvalue weighted by Gasteiger charge is -2.11. The number of halogens is 1. The number of rotatable bonds is 7. The van der Waals surface area contributed by atoms with E-state index >= 15 is 0 Å². The Morgan fingerprint density at radius 2 is 1.82 bits per heavy atom. The third-order valence-electron chi connectivity index (χ3n) is 4.17. The minimum absolute atomic E-state index is 0.125. The molecular weight excluding hydrogens is 384 g/mol. The zero-order valence-corrected chi connectivity index (χ0v) is 15.5. The molecule has 0 saturated carbocycles. The normalized spacial score (nSPS) is 11.8. The molecule has 28 heavy (non-hydrogen) atoms. The Morgan fingerprint density at radius 1 is 1.18 bits per heavy atom. The van der Waals surface area contributed by atoms with Gasteiger partial charge in [-0.25, -0.2) is 0 Å². The average Bonchev–Trinajstić information content (AvgIpc) is 3.18. The zero-order valence-electron chi connectivity index (χ0n) is 14.8. The highest BCUT2D eigenvalue weighted by Gasteiger charge is 2.28. The molecule has 3 aromatic rings. The van der Waals surface area contributed by atoms with E-state index in [0.29, 0.717) is 17.0 Å². The second-order valence-electron chi connectivity index (χ2n) is 5.96. The number of nitro benzene ring substituents is 1. The molecule has 0 spiro atoms. The molecule has 9 heteroatoms. The Bertz CT molecular complexity index is 1030. The number of ketones is 1. The molecule has 0 fully saturated rings. The van der Waals surface area contributed by atoms with Gasteiger partial charge in [0.1, 0.15) is 0 Å². The van der Waals surface area contributed by atoms with Gasteiger partial charge >= 0.3 is 0 Å². The van der Waals surface area contributed by atoms with E-state index in [-0.39, 0.29) is 28.7 Å². The Hall–Kier alpha value is -3.39. The lowest BCUT2D eigenvalue weighted by atomic mass is 9.93. The molecule has 142 valence electrons. The van der Waals surface area contributed by atoms with E-state index in [1.807, 2.05) is 0 Å². The first-order chi connectivity index (χ1) is 13.4. The van der Waals surface area contributed by atoms with Gasteiger partial charge in [0.2, 0.25) is 17.6 Å². The van der Waals surface area contributed by atoms with Crippen LogP contribution in [-0.4, -0.2) is 26.6 Å². The van der Waals surface area contributed by atoms with Crippen LogP contribution in [0.4, 0.5) is 5.69 Å². The van der Waals surface area contributed by atoms with Crippen LogP contribution < -0.4 is 0 Å². The summed E-state index contributed by atoms with van der Waals surface area (Å²) < 4.78 is 5.67. The quantitative estimate of drug-likeness (QED) is 0.266. The lowest BCUT2D eigenvalue weighted by molar-refractivity contribution is -0.384. The van der Waals surface area contributed by atoms with Gasteiger partial charge in [0.15, 0.2) is 0 Å². The summed E-state index contributed by atoms with van der Waals surface area (Å²) in [4.78, 5) is 22.8. The summed E-state index contributed by atoms with van der Waals surface area (Å²) in [5.74, 6) is -0.808. The molecule has 0 saturated heterocycles. The fourth-order valence-corrected chi connectivity index (χ4v) is 2.76. The van der Waals surface area contributed by atoms with Crippen LogP contribution >= 0.6 is 11.6 Å². The van der Waals surface area contributed by atoms with Crippen molar-refractivity contribution in [3.63, 3.8) is 0 Å². The maximum absolute atomic E-state index is 12.6. The van der Waals surface area contributed by atoms with Crippen LogP contribution in [0, 0.1) is 15.5 Å². The van der Waals surface area contributed by atoms with Gasteiger partial charge in [0.05, 0.1) is 16.6 Å². The number of nitro groups is 1. The van der Waals surface area contributed by atoms with Crippen molar-refractivity contribution < 1.29 is 14.1 Å². The van der Waals surface area contributed by atoms with Crippen molar-refractivity contribution in [1.82, 2.24) is 10.2 Å². The monoisotopic (exact) mass is 398 g/mol. The molecule has 0 radical (unpaired) electrons. The molecule has 0 aliphatic heterocycles. The molecule has 0 aliphatic rings. The zero-order chi connectivity index (χ0) is 20.3. The van der Waals surface area contributed by atoms with Crippen LogP contribution in [0.3, 0.4) is 0 Å². The van der Waals surface area contributed by atoms with Crippen molar-refractivity contribution in [2.75, 3.05) is 0 Å². The number of hydrogen-bond acceptors (Lipinski definition) is 7. The Morgan fingerprint density at radius 3 is 2.39 bits per heavy atom. The second-order valence-corrected chi connectivity index (χ2v) is 6.40. The highest BCUT2D eigenvalue weighted by atomic mass is 35.5. The third-order valence-corrected chi connectivity index (χ3v) is 4.42. The molecule has 0 bridgehead atoms. The van der Waals surface area contributed by atoms with E-state index in [1.54, 1.807) is 31.2 Å². The number of carbonyl (C=O) groups is 1. The molecule has 1 N–H and O–H groups in total. The topological polar surface area (TPSA) is 123 Å². The molecule has 1 unspecified atom stereocenters. The highest BCUT2D eigenvalue weighted by Crippen LogP contribution is 2.26. The number of hydrogen-bond donors (Lipinski definition) is 1. The first kappa shape index (κ1) is 19.4. The number of aromatic nitrogens is 2. The summed E-state index contributed by atoms with van der Waals surface area (Å²) in [6.07, 6.45) is 0.403. The standard InChI is InChI=1S/C19H15ClN4O4/c1-2-15(16(21)17(25)11-5-9-14(10-6-11)24(26)27)19-23-22-18(28-19)12-3-7-13(20)8-4-12/h3-10,15,21H,2H2,1H3. The van der Waals surface area contributed by atoms with Crippen LogP contribution in [0.5, 0.6) is 0 Å². The summed E-state index contributed by atoms with van der Waals surface area (Å²) in [6, 6.07) is 12.0. The van der Waals surface area contributed by atoms with Crippen LogP contribution in [0.25, 0.3) is 11.5 Å². The fraction of sp³-hybridized carbons (Fsp3) is 0.158. The molecule has 1 heterocycles. The van der Waals surface area contributed by atoms with Crippen molar-refractivity contribution in [3.05, 3.63) is 75.1 Å². The smallest absolute Gasteiger partial charge is 0.269 e. The van der Waals surface area contributed by atoms with Gasteiger partial charge < -0.3 is 9.83 Å². The predicted octanol–water partition coefficient (Wildman–Crippen LogP) is 4.69. The lowest BCUT2D eigenvalue weighted by Crippen LogP contribution is -2.21. The van der Waals surface area contributed by atoms with E-state index < -0.39 is 16.6 Å². The van der Waals surface area contributed by atoms with Gasteiger partial charge in [-0.05, 0) is 42.8 Å². The maximum atomic E-state index is 12.6. The van der Waals surface area contributed by atoms with Crippen LogP contribution in [0.2, 0.25) is 5.02 Å². The summed E-state index contributed by atoms with van der Waals surface area (Å²) in [6.45, 7) is 1.80. The average molecular weight is 399 g/mol. The van der Waals surface area contributed by atoms with Crippen molar-refractivity contribution in [3.8, 4) is 11.5 Å². The van der Waals surface area contributed by atoms with Crippen LogP contribution in [0.15, 0.2) is 52.9 Å². The predicted molar refractivity (Wildman–Crippen MR) is 103 cm³/mol. The van der Waals surface area contributed by atoms with Crippen molar-refractivity contribution >= 4 is 28.8 Å². The Kier molecular flexibility index (Phi) is 5.60. The van der Waals surface area contributed by atoms with Crippen molar-refractivity contribution in [2.45, 2.75) is 19.3 Å². The summed E-state index contributed by atoms with van der Waals surface area (Å²) in [5.41, 5.74) is 0.514.